The molecule has 0 amide bonds. The highest BCUT2D eigenvalue weighted by Gasteiger charge is 2.32. The lowest BCUT2D eigenvalue weighted by Gasteiger charge is -2.23. The molecule has 0 aromatic heterocycles. The Morgan fingerprint density at radius 3 is 2.31 bits per heavy atom. The Hall–Kier alpha value is -2.24. The molecule has 2 aromatic rings. The number of nitro groups is 1. The summed E-state index contributed by atoms with van der Waals surface area (Å²) in [5.74, 6) is -1.23. The van der Waals surface area contributed by atoms with Crippen molar-refractivity contribution in [2.24, 2.45) is 5.92 Å². The van der Waals surface area contributed by atoms with Gasteiger partial charge >= 0.3 is 0 Å². The molecular formula is C20H22ClNO4. The van der Waals surface area contributed by atoms with Crippen molar-refractivity contribution < 1.29 is 14.5 Å². The first-order valence-electron chi connectivity index (χ1n) is 8.45. The van der Waals surface area contributed by atoms with Crippen LogP contribution in [-0.4, -0.2) is 23.4 Å². The molecule has 0 radical (unpaired) electrons. The predicted molar refractivity (Wildman–Crippen MR) is 101 cm³/mol. The first-order chi connectivity index (χ1) is 12.4. The van der Waals surface area contributed by atoms with Crippen LogP contribution in [0.2, 0.25) is 5.02 Å². The SMILES string of the molecule is C[C@H](OCc1ccccc1)C(=O)[C@@H](C)[C@@H](C[N+](=O)[O-])c1ccc(Cl)cc1. The van der Waals surface area contributed by atoms with Crippen molar-refractivity contribution >= 4 is 17.4 Å². The number of carbonyl (C=O) groups excluding carboxylic acids is 1. The highest BCUT2D eigenvalue weighted by Crippen LogP contribution is 2.28. The van der Waals surface area contributed by atoms with Crippen LogP contribution < -0.4 is 0 Å². The fraction of sp³-hybridized carbons (Fsp3) is 0.350. The van der Waals surface area contributed by atoms with Gasteiger partial charge in [-0.05, 0) is 30.2 Å². The number of hydrogen-bond donors (Lipinski definition) is 0. The van der Waals surface area contributed by atoms with Gasteiger partial charge in [-0.2, -0.15) is 0 Å². The van der Waals surface area contributed by atoms with Crippen LogP contribution in [-0.2, 0) is 16.1 Å². The van der Waals surface area contributed by atoms with E-state index in [1.807, 2.05) is 30.3 Å². The fourth-order valence-electron chi connectivity index (χ4n) is 2.87. The molecule has 2 rings (SSSR count). The van der Waals surface area contributed by atoms with Crippen molar-refractivity contribution in [1.82, 2.24) is 0 Å². The van der Waals surface area contributed by atoms with Crippen LogP contribution in [0.4, 0.5) is 0 Å². The number of hydrogen-bond acceptors (Lipinski definition) is 4. The van der Waals surface area contributed by atoms with Gasteiger partial charge in [-0.15, -0.1) is 0 Å². The molecule has 0 aliphatic rings. The standard InChI is InChI=1S/C20H22ClNO4/c1-14(19(12-22(24)25)17-8-10-18(21)11-9-17)20(23)15(2)26-13-16-6-4-3-5-7-16/h3-11,14-15,19H,12-13H2,1-2H3/t14-,15-,19+/m0/s1. The van der Waals surface area contributed by atoms with Crippen molar-refractivity contribution in [3.8, 4) is 0 Å². The summed E-state index contributed by atoms with van der Waals surface area (Å²) in [5.41, 5.74) is 1.70. The van der Waals surface area contributed by atoms with Gasteiger partial charge in [0.15, 0.2) is 5.78 Å². The average Bonchev–Trinajstić information content (AvgIpc) is 2.64. The van der Waals surface area contributed by atoms with Crippen LogP contribution in [0.15, 0.2) is 54.6 Å². The highest BCUT2D eigenvalue weighted by molar-refractivity contribution is 6.30. The van der Waals surface area contributed by atoms with E-state index in [-0.39, 0.29) is 12.3 Å². The maximum atomic E-state index is 12.8. The van der Waals surface area contributed by atoms with Crippen molar-refractivity contribution in [2.45, 2.75) is 32.5 Å². The molecule has 0 saturated heterocycles. The lowest BCUT2D eigenvalue weighted by Crippen LogP contribution is -2.33. The average molecular weight is 376 g/mol. The Bertz CT molecular complexity index is 733. The number of rotatable bonds is 9. The molecule has 6 heteroatoms. The topological polar surface area (TPSA) is 69.4 Å². The minimum absolute atomic E-state index is 0.150. The van der Waals surface area contributed by atoms with E-state index in [9.17, 15) is 14.9 Å². The van der Waals surface area contributed by atoms with Crippen LogP contribution in [0, 0.1) is 16.0 Å². The number of carbonyl (C=O) groups is 1. The summed E-state index contributed by atoms with van der Waals surface area (Å²) in [4.78, 5) is 23.5. The Labute approximate surface area is 158 Å². The summed E-state index contributed by atoms with van der Waals surface area (Å²) in [5, 5.41) is 11.6. The highest BCUT2D eigenvalue weighted by atomic mass is 35.5. The zero-order valence-electron chi connectivity index (χ0n) is 14.8. The molecule has 5 nitrogen and oxygen atoms in total. The minimum Gasteiger partial charge on any atom is -0.366 e. The predicted octanol–water partition coefficient (Wildman–Crippen LogP) is 4.51. The second-order valence-corrected chi connectivity index (χ2v) is 6.74. The summed E-state index contributed by atoms with van der Waals surface area (Å²) < 4.78 is 5.68. The van der Waals surface area contributed by atoms with E-state index in [2.05, 4.69) is 0 Å². The fourth-order valence-corrected chi connectivity index (χ4v) is 2.99. The Morgan fingerprint density at radius 1 is 1.12 bits per heavy atom. The number of ketones is 1. The molecule has 0 N–H and O–H groups in total. The van der Waals surface area contributed by atoms with Crippen molar-refractivity contribution in [1.29, 1.82) is 0 Å². The Kier molecular flexibility index (Phi) is 7.30. The third-order valence-corrected chi connectivity index (χ3v) is 4.69. The van der Waals surface area contributed by atoms with Crippen LogP contribution in [0.25, 0.3) is 0 Å². The Morgan fingerprint density at radius 2 is 1.73 bits per heavy atom. The second-order valence-electron chi connectivity index (χ2n) is 6.30. The minimum atomic E-state index is -0.647. The zero-order chi connectivity index (χ0) is 19.1. The molecule has 0 saturated carbocycles. The van der Waals surface area contributed by atoms with Crippen LogP contribution >= 0.6 is 11.6 Å². The molecule has 0 spiro atoms. The maximum absolute atomic E-state index is 12.8. The van der Waals surface area contributed by atoms with Crippen LogP contribution in [0.1, 0.15) is 30.9 Å². The van der Waals surface area contributed by atoms with E-state index >= 15 is 0 Å². The van der Waals surface area contributed by atoms with E-state index in [0.29, 0.717) is 11.6 Å². The number of ether oxygens (including phenoxy) is 1. The van der Waals surface area contributed by atoms with Crippen molar-refractivity contribution in [3.05, 3.63) is 80.9 Å². The van der Waals surface area contributed by atoms with Gasteiger partial charge in [0, 0.05) is 15.9 Å². The molecule has 0 unspecified atom stereocenters. The van der Waals surface area contributed by atoms with Gasteiger partial charge in [-0.1, -0.05) is 61.0 Å². The largest absolute Gasteiger partial charge is 0.366 e. The van der Waals surface area contributed by atoms with Gasteiger partial charge in [-0.25, -0.2) is 0 Å². The van der Waals surface area contributed by atoms with E-state index < -0.39 is 22.9 Å². The quantitative estimate of drug-likeness (QED) is 0.477. The van der Waals surface area contributed by atoms with E-state index in [0.717, 1.165) is 11.1 Å². The van der Waals surface area contributed by atoms with Gasteiger partial charge in [0.25, 0.3) is 0 Å². The third kappa shape index (κ3) is 5.64. The molecule has 3 atom stereocenters. The van der Waals surface area contributed by atoms with Gasteiger partial charge in [0.05, 0.1) is 12.5 Å². The summed E-state index contributed by atoms with van der Waals surface area (Å²) in [6.07, 6.45) is -0.647. The summed E-state index contributed by atoms with van der Waals surface area (Å²) in [6, 6.07) is 16.4. The van der Waals surface area contributed by atoms with Gasteiger partial charge < -0.3 is 4.74 Å². The van der Waals surface area contributed by atoms with Crippen LogP contribution in [0.5, 0.6) is 0 Å². The zero-order valence-corrected chi connectivity index (χ0v) is 15.6. The smallest absolute Gasteiger partial charge is 0.211 e. The van der Waals surface area contributed by atoms with E-state index in [4.69, 9.17) is 16.3 Å². The molecular weight excluding hydrogens is 354 g/mol. The monoisotopic (exact) mass is 375 g/mol. The second kappa shape index (κ2) is 9.46. The van der Waals surface area contributed by atoms with Gasteiger partial charge in [-0.3, -0.25) is 14.9 Å². The number of Topliss-reactive ketones (excluding diaryl/α,β-unsaturated/α-hetero) is 1. The first-order valence-corrected chi connectivity index (χ1v) is 8.82. The maximum Gasteiger partial charge on any atom is 0.211 e. The lowest BCUT2D eigenvalue weighted by atomic mass is 9.83. The third-order valence-electron chi connectivity index (χ3n) is 4.44. The molecule has 0 aliphatic carbocycles. The number of nitrogens with zero attached hydrogens (tertiary/aromatic N) is 1. The first kappa shape index (κ1) is 20.1. The Balaban J connectivity index is 2.07. The molecule has 2 aromatic carbocycles. The molecule has 0 heterocycles. The van der Waals surface area contributed by atoms with Gasteiger partial charge in [0.1, 0.15) is 6.10 Å². The molecule has 26 heavy (non-hydrogen) atoms. The van der Waals surface area contributed by atoms with Gasteiger partial charge in [0.2, 0.25) is 6.54 Å². The molecule has 138 valence electrons. The normalized spacial score (nSPS) is 14.4. The molecule has 0 aliphatic heterocycles. The lowest BCUT2D eigenvalue weighted by molar-refractivity contribution is -0.484. The van der Waals surface area contributed by atoms with Crippen LogP contribution in [0.3, 0.4) is 0 Å². The van der Waals surface area contributed by atoms with Crippen molar-refractivity contribution in [2.75, 3.05) is 6.54 Å². The summed E-state index contributed by atoms with van der Waals surface area (Å²) in [6.45, 7) is 3.40. The molecule has 0 fully saturated rings. The van der Waals surface area contributed by atoms with E-state index in [1.54, 1.807) is 38.1 Å². The number of halogens is 1. The summed E-state index contributed by atoms with van der Waals surface area (Å²) in [7, 11) is 0. The van der Waals surface area contributed by atoms with E-state index in [1.165, 1.54) is 0 Å². The van der Waals surface area contributed by atoms with Crippen molar-refractivity contribution in [3.63, 3.8) is 0 Å². The summed E-state index contributed by atoms with van der Waals surface area (Å²) >= 11 is 5.89. The molecule has 0 bridgehead atoms. The number of benzene rings is 2.